The zero-order chi connectivity index (χ0) is 16.3. The highest BCUT2D eigenvalue weighted by Crippen LogP contribution is 2.24. The molecule has 1 atom stereocenters. The third kappa shape index (κ3) is 3.62. The number of rotatable bonds is 5. The molecule has 2 amide bonds. The smallest absolute Gasteiger partial charge is 0.338 e. The minimum Gasteiger partial charge on any atom is -0.478 e. The van der Waals surface area contributed by atoms with Crippen molar-refractivity contribution in [2.45, 2.75) is 19.9 Å². The Bertz CT molecular complexity index is 584. The zero-order valence-corrected chi connectivity index (χ0v) is 13.2. The number of nitrogens with zero attached hydrogens (tertiary/aromatic N) is 1. The lowest BCUT2D eigenvalue weighted by molar-refractivity contribution is -0.124. The van der Waals surface area contributed by atoms with Crippen LogP contribution in [0, 0.1) is 5.92 Å². The Morgan fingerprint density at radius 3 is 2.82 bits per heavy atom. The first-order valence-corrected chi connectivity index (χ1v) is 8.04. The van der Waals surface area contributed by atoms with Crippen molar-refractivity contribution >= 4 is 29.5 Å². The first-order chi connectivity index (χ1) is 10.4. The summed E-state index contributed by atoms with van der Waals surface area (Å²) >= 11 is 1.48. The summed E-state index contributed by atoms with van der Waals surface area (Å²) in [4.78, 5) is 36.8. The van der Waals surface area contributed by atoms with E-state index in [4.69, 9.17) is 9.52 Å². The summed E-state index contributed by atoms with van der Waals surface area (Å²) in [7, 11) is 0. The number of carbonyl (C=O) groups is 3. The number of aromatic carboxylic acids is 1. The summed E-state index contributed by atoms with van der Waals surface area (Å²) in [5.74, 6) is -0.680. The van der Waals surface area contributed by atoms with Gasteiger partial charge in [0.05, 0.1) is 11.4 Å². The molecule has 2 rings (SSSR count). The number of thioether (sulfide) groups is 1. The molecule has 1 aromatic rings. The SMILES string of the molecule is CC(C)CNC(=O)C1CSCN1C(=O)c1cc(C(=O)O)co1. The van der Waals surface area contributed by atoms with Crippen LogP contribution in [0.3, 0.4) is 0 Å². The summed E-state index contributed by atoms with van der Waals surface area (Å²) in [5, 5.41) is 11.7. The molecular weight excluding hydrogens is 308 g/mol. The Hall–Kier alpha value is -1.96. The van der Waals surface area contributed by atoms with Crippen molar-refractivity contribution in [2.75, 3.05) is 18.2 Å². The third-order valence-corrected chi connectivity index (χ3v) is 4.20. The molecule has 0 bridgehead atoms. The summed E-state index contributed by atoms with van der Waals surface area (Å²) < 4.78 is 5.01. The van der Waals surface area contributed by atoms with Gasteiger partial charge in [0.15, 0.2) is 5.76 Å². The lowest BCUT2D eigenvalue weighted by atomic mass is 10.2. The summed E-state index contributed by atoms with van der Waals surface area (Å²) in [6.07, 6.45) is 1.02. The second-order valence-electron chi connectivity index (χ2n) is 5.43. The highest BCUT2D eigenvalue weighted by atomic mass is 32.2. The standard InChI is InChI=1S/C14H18N2O5S/c1-8(2)4-15-12(17)10-6-22-7-16(10)13(18)11-3-9(5-21-11)14(19)20/h3,5,8,10H,4,6-7H2,1-2H3,(H,15,17)(H,19,20). The van der Waals surface area contributed by atoms with Crippen molar-refractivity contribution in [2.24, 2.45) is 5.92 Å². The van der Waals surface area contributed by atoms with Gasteiger partial charge in [0.1, 0.15) is 12.3 Å². The molecule has 2 N–H and O–H groups in total. The van der Waals surface area contributed by atoms with E-state index in [0.29, 0.717) is 24.1 Å². The Labute approximate surface area is 132 Å². The van der Waals surface area contributed by atoms with Crippen LogP contribution in [0.2, 0.25) is 0 Å². The second-order valence-corrected chi connectivity index (χ2v) is 6.43. The largest absolute Gasteiger partial charge is 0.478 e. The van der Waals surface area contributed by atoms with Gasteiger partial charge in [0.2, 0.25) is 5.91 Å². The maximum absolute atomic E-state index is 12.4. The van der Waals surface area contributed by atoms with Crippen LogP contribution in [-0.4, -0.2) is 52.0 Å². The maximum atomic E-state index is 12.4. The van der Waals surface area contributed by atoms with Crippen LogP contribution in [0.25, 0.3) is 0 Å². The summed E-state index contributed by atoms with van der Waals surface area (Å²) in [5.41, 5.74) is -0.0870. The molecule has 22 heavy (non-hydrogen) atoms. The van der Waals surface area contributed by atoms with Crippen LogP contribution in [0.1, 0.15) is 34.8 Å². The van der Waals surface area contributed by atoms with Gasteiger partial charge in [0, 0.05) is 18.4 Å². The molecule has 2 heterocycles. The van der Waals surface area contributed by atoms with Gasteiger partial charge in [-0.15, -0.1) is 11.8 Å². The van der Waals surface area contributed by atoms with Crippen LogP contribution in [0.4, 0.5) is 0 Å². The first-order valence-electron chi connectivity index (χ1n) is 6.88. The van der Waals surface area contributed by atoms with Gasteiger partial charge in [-0.1, -0.05) is 13.8 Å². The van der Waals surface area contributed by atoms with E-state index in [1.807, 2.05) is 13.8 Å². The van der Waals surface area contributed by atoms with Crippen LogP contribution >= 0.6 is 11.8 Å². The molecule has 1 aliphatic rings. The Balaban J connectivity index is 2.07. The topological polar surface area (TPSA) is 99.9 Å². The van der Waals surface area contributed by atoms with E-state index in [2.05, 4.69) is 5.32 Å². The maximum Gasteiger partial charge on any atom is 0.338 e. The quantitative estimate of drug-likeness (QED) is 0.845. The molecule has 1 aromatic heterocycles. The molecule has 1 saturated heterocycles. The predicted octanol–water partition coefficient (Wildman–Crippen LogP) is 1.27. The highest BCUT2D eigenvalue weighted by molar-refractivity contribution is 7.99. The van der Waals surface area contributed by atoms with E-state index < -0.39 is 17.9 Å². The summed E-state index contributed by atoms with van der Waals surface area (Å²) in [6, 6.07) is 0.617. The van der Waals surface area contributed by atoms with Crippen molar-refractivity contribution in [1.82, 2.24) is 10.2 Å². The van der Waals surface area contributed by atoms with E-state index in [-0.39, 0.29) is 17.2 Å². The van der Waals surface area contributed by atoms with Gasteiger partial charge >= 0.3 is 5.97 Å². The average molecular weight is 326 g/mol. The molecule has 7 nitrogen and oxygen atoms in total. The van der Waals surface area contributed by atoms with E-state index in [0.717, 1.165) is 6.26 Å². The number of nitrogens with one attached hydrogen (secondary N) is 1. The van der Waals surface area contributed by atoms with Crippen molar-refractivity contribution in [3.8, 4) is 0 Å². The minimum atomic E-state index is -1.16. The Morgan fingerprint density at radius 1 is 1.50 bits per heavy atom. The molecule has 8 heteroatoms. The van der Waals surface area contributed by atoms with Gasteiger partial charge in [-0.3, -0.25) is 9.59 Å². The van der Waals surface area contributed by atoms with Crippen molar-refractivity contribution in [3.05, 3.63) is 23.7 Å². The van der Waals surface area contributed by atoms with Gasteiger partial charge in [-0.2, -0.15) is 0 Å². The molecule has 0 spiro atoms. The fourth-order valence-electron chi connectivity index (χ4n) is 1.98. The summed E-state index contributed by atoms with van der Waals surface area (Å²) in [6.45, 7) is 4.53. The molecule has 0 aromatic carbocycles. The number of hydrogen-bond donors (Lipinski definition) is 2. The lowest BCUT2D eigenvalue weighted by Crippen LogP contribution is -2.47. The van der Waals surface area contributed by atoms with Crippen LogP contribution < -0.4 is 5.32 Å². The number of hydrogen-bond acceptors (Lipinski definition) is 5. The van der Waals surface area contributed by atoms with Crippen LogP contribution in [-0.2, 0) is 4.79 Å². The number of carbonyl (C=O) groups excluding carboxylic acids is 2. The fourth-order valence-corrected chi connectivity index (χ4v) is 3.14. The van der Waals surface area contributed by atoms with E-state index in [9.17, 15) is 14.4 Å². The molecule has 1 unspecified atom stereocenters. The van der Waals surface area contributed by atoms with Gasteiger partial charge in [0.25, 0.3) is 5.91 Å². The Morgan fingerprint density at radius 2 is 2.23 bits per heavy atom. The van der Waals surface area contributed by atoms with Crippen molar-refractivity contribution in [1.29, 1.82) is 0 Å². The van der Waals surface area contributed by atoms with Crippen LogP contribution in [0.15, 0.2) is 16.7 Å². The molecule has 0 saturated carbocycles. The lowest BCUT2D eigenvalue weighted by Gasteiger charge is -2.22. The molecule has 1 fully saturated rings. The van der Waals surface area contributed by atoms with E-state index in [1.165, 1.54) is 22.7 Å². The predicted molar refractivity (Wildman–Crippen MR) is 80.8 cm³/mol. The second kappa shape index (κ2) is 6.87. The Kier molecular flexibility index (Phi) is 5.12. The van der Waals surface area contributed by atoms with Crippen LogP contribution in [0.5, 0.6) is 0 Å². The third-order valence-electron chi connectivity index (χ3n) is 3.19. The van der Waals surface area contributed by atoms with Crippen molar-refractivity contribution < 1.29 is 23.9 Å². The first kappa shape index (κ1) is 16.4. The highest BCUT2D eigenvalue weighted by Gasteiger charge is 2.36. The van der Waals surface area contributed by atoms with E-state index >= 15 is 0 Å². The van der Waals surface area contributed by atoms with Gasteiger partial charge < -0.3 is 19.7 Å². The van der Waals surface area contributed by atoms with E-state index in [1.54, 1.807) is 0 Å². The molecule has 0 radical (unpaired) electrons. The number of amides is 2. The average Bonchev–Trinajstić information content (AvgIpc) is 3.12. The zero-order valence-electron chi connectivity index (χ0n) is 12.4. The van der Waals surface area contributed by atoms with Gasteiger partial charge in [-0.25, -0.2) is 4.79 Å². The monoisotopic (exact) mass is 326 g/mol. The molecular formula is C14H18N2O5S. The molecule has 1 aliphatic heterocycles. The number of furan rings is 1. The molecule has 120 valence electrons. The fraction of sp³-hybridized carbons (Fsp3) is 0.500. The molecule has 0 aliphatic carbocycles. The number of carboxylic acid groups (broad SMARTS) is 1. The minimum absolute atomic E-state index is 0.0680. The van der Waals surface area contributed by atoms with Crippen molar-refractivity contribution in [3.63, 3.8) is 0 Å². The normalized spacial score (nSPS) is 17.8. The van der Waals surface area contributed by atoms with Gasteiger partial charge in [-0.05, 0) is 5.92 Å². The number of carboxylic acids is 1.